The first-order valence-corrected chi connectivity index (χ1v) is 11.6. The smallest absolute Gasteiger partial charge is 0.243 e. The maximum absolute atomic E-state index is 13.0. The molecule has 2 aromatic rings. The Morgan fingerprint density at radius 3 is 2.33 bits per heavy atom. The average Bonchev–Trinajstić information content (AvgIpc) is 2.97. The van der Waals surface area contributed by atoms with E-state index in [1.165, 1.54) is 25.7 Å². The molecule has 2 aliphatic rings. The summed E-state index contributed by atoms with van der Waals surface area (Å²) in [6.07, 6.45) is 6.89. The number of hydrogen-bond donors (Lipinski definition) is 0. The first kappa shape index (κ1) is 18.7. The lowest BCUT2D eigenvalue weighted by Gasteiger charge is -2.29. The van der Waals surface area contributed by atoms with Gasteiger partial charge in [0.25, 0.3) is 0 Å². The van der Waals surface area contributed by atoms with Gasteiger partial charge in [-0.05, 0) is 61.9 Å². The van der Waals surface area contributed by atoms with Gasteiger partial charge in [0.05, 0.1) is 10.4 Å². The quantitative estimate of drug-likeness (QED) is 0.798. The predicted octanol–water partition coefficient (Wildman–Crippen LogP) is 4.04. The van der Waals surface area contributed by atoms with Gasteiger partial charge in [0.1, 0.15) is 5.82 Å². The van der Waals surface area contributed by atoms with Crippen LogP contribution >= 0.6 is 0 Å². The zero-order valence-electron chi connectivity index (χ0n) is 16.1. The van der Waals surface area contributed by atoms with Crippen molar-refractivity contribution in [3.05, 3.63) is 30.3 Å². The van der Waals surface area contributed by atoms with Gasteiger partial charge in [-0.15, -0.1) is 0 Å². The van der Waals surface area contributed by atoms with E-state index < -0.39 is 10.0 Å². The second kappa shape index (κ2) is 7.76. The molecule has 0 amide bonds. The van der Waals surface area contributed by atoms with Gasteiger partial charge in [0.15, 0.2) is 0 Å². The summed E-state index contributed by atoms with van der Waals surface area (Å²) in [5, 5.41) is 0.889. The van der Waals surface area contributed by atoms with Crippen molar-refractivity contribution in [3.8, 4) is 0 Å². The summed E-state index contributed by atoms with van der Waals surface area (Å²) < 4.78 is 27.6. The molecule has 0 N–H and O–H groups in total. The number of hydrogen-bond acceptors (Lipinski definition) is 4. The summed E-state index contributed by atoms with van der Waals surface area (Å²) >= 11 is 0. The molecular formula is C21H29N3O2S. The van der Waals surface area contributed by atoms with E-state index in [0.29, 0.717) is 23.9 Å². The lowest BCUT2D eigenvalue weighted by atomic mass is 10.0. The Balaban J connectivity index is 1.60. The highest BCUT2D eigenvalue weighted by Crippen LogP contribution is 2.27. The van der Waals surface area contributed by atoms with Crippen molar-refractivity contribution in [1.29, 1.82) is 0 Å². The summed E-state index contributed by atoms with van der Waals surface area (Å²) in [6.45, 7) is 5.53. The van der Waals surface area contributed by atoms with Crippen LogP contribution in [0.3, 0.4) is 0 Å². The minimum absolute atomic E-state index is 0.383. The molecular weight excluding hydrogens is 358 g/mol. The first-order chi connectivity index (χ1) is 13.0. The van der Waals surface area contributed by atoms with Crippen molar-refractivity contribution in [1.82, 2.24) is 9.29 Å². The zero-order valence-corrected chi connectivity index (χ0v) is 16.9. The van der Waals surface area contributed by atoms with E-state index >= 15 is 0 Å². The molecule has 5 nitrogen and oxygen atoms in total. The van der Waals surface area contributed by atoms with Crippen LogP contribution in [-0.4, -0.2) is 43.9 Å². The Morgan fingerprint density at radius 1 is 0.926 bits per heavy atom. The maximum atomic E-state index is 13.0. The SMILES string of the molecule is CC1CCN(S(=O)(=O)c2ccc3nc(N4CCCCCC4)ccc3c2)CC1. The second-order valence-electron chi connectivity index (χ2n) is 8.01. The number of rotatable bonds is 3. The van der Waals surface area contributed by atoms with E-state index in [4.69, 9.17) is 4.98 Å². The molecule has 146 valence electrons. The van der Waals surface area contributed by atoms with Crippen molar-refractivity contribution < 1.29 is 8.42 Å². The highest BCUT2D eigenvalue weighted by Gasteiger charge is 2.28. The van der Waals surface area contributed by atoms with Gasteiger partial charge in [-0.25, -0.2) is 13.4 Å². The van der Waals surface area contributed by atoms with E-state index in [1.807, 2.05) is 18.2 Å². The molecule has 1 aromatic heterocycles. The van der Waals surface area contributed by atoms with Crippen LogP contribution < -0.4 is 4.90 Å². The van der Waals surface area contributed by atoms with Crippen molar-refractivity contribution >= 4 is 26.7 Å². The molecule has 0 radical (unpaired) electrons. The lowest BCUT2D eigenvalue weighted by molar-refractivity contribution is 0.288. The Kier molecular flexibility index (Phi) is 5.37. The number of pyridine rings is 1. The van der Waals surface area contributed by atoms with Crippen molar-refractivity contribution in [3.63, 3.8) is 0 Å². The molecule has 2 saturated heterocycles. The Hall–Kier alpha value is -1.66. The van der Waals surface area contributed by atoms with Gasteiger partial charge in [0.2, 0.25) is 10.0 Å². The van der Waals surface area contributed by atoms with E-state index in [9.17, 15) is 8.42 Å². The van der Waals surface area contributed by atoms with E-state index in [1.54, 1.807) is 16.4 Å². The molecule has 27 heavy (non-hydrogen) atoms. The molecule has 3 heterocycles. The molecule has 0 saturated carbocycles. The van der Waals surface area contributed by atoms with Crippen molar-refractivity contribution in [2.24, 2.45) is 5.92 Å². The average molecular weight is 388 g/mol. The number of fused-ring (bicyclic) bond motifs is 1. The number of benzene rings is 1. The van der Waals surface area contributed by atoms with Crippen molar-refractivity contribution in [2.75, 3.05) is 31.1 Å². The van der Waals surface area contributed by atoms with Crippen LogP contribution in [0.1, 0.15) is 45.4 Å². The summed E-state index contributed by atoms with van der Waals surface area (Å²) in [4.78, 5) is 7.54. The summed E-state index contributed by atoms with van der Waals surface area (Å²) in [7, 11) is -3.42. The van der Waals surface area contributed by atoms with Crippen LogP contribution in [0.5, 0.6) is 0 Å². The minimum Gasteiger partial charge on any atom is -0.357 e. The van der Waals surface area contributed by atoms with Crippen LogP contribution in [0.25, 0.3) is 10.9 Å². The molecule has 0 atom stereocenters. The summed E-state index contributed by atoms with van der Waals surface area (Å²) in [5.41, 5.74) is 0.864. The standard InChI is InChI=1S/C21H29N3O2S/c1-17-10-14-24(15-11-17)27(25,26)19-7-8-20-18(16-19)6-9-21(22-20)23-12-4-2-3-5-13-23/h6-9,16-17H,2-5,10-15H2,1H3. The molecule has 2 aliphatic heterocycles. The molecule has 0 unspecified atom stereocenters. The van der Waals surface area contributed by atoms with Gasteiger partial charge < -0.3 is 4.90 Å². The molecule has 2 fully saturated rings. The fourth-order valence-corrected chi connectivity index (χ4v) is 5.61. The first-order valence-electron chi connectivity index (χ1n) is 10.2. The third-order valence-electron chi connectivity index (χ3n) is 5.96. The Bertz CT molecular complexity index is 897. The molecule has 1 aromatic carbocycles. The summed E-state index contributed by atoms with van der Waals surface area (Å²) in [6, 6.07) is 9.40. The number of aromatic nitrogens is 1. The fraction of sp³-hybridized carbons (Fsp3) is 0.571. The second-order valence-corrected chi connectivity index (χ2v) is 9.95. The van der Waals surface area contributed by atoms with Crippen LogP contribution in [0.15, 0.2) is 35.2 Å². The zero-order chi connectivity index (χ0) is 18.9. The van der Waals surface area contributed by atoms with Gasteiger partial charge in [-0.1, -0.05) is 19.8 Å². The third kappa shape index (κ3) is 3.97. The van der Waals surface area contributed by atoms with Crippen LogP contribution in [0.2, 0.25) is 0 Å². The fourth-order valence-electron chi connectivity index (χ4n) is 4.10. The minimum atomic E-state index is -3.42. The van der Waals surface area contributed by atoms with Crippen LogP contribution in [-0.2, 0) is 10.0 Å². The number of nitrogens with zero attached hydrogens (tertiary/aromatic N) is 3. The monoisotopic (exact) mass is 387 g/mol. The van der Waals surface area contributed by atoms with Gasteiger partial charge in [-0.3, -0.25) is 0 Å². The van der Waals surface area contributed by atoms with E-state index in [-0.39, 0.29) is 0 Å². The van der Waals surface area contributed by atoms with Crippen LogP contribution in [0.4, 0.5) is 5.82 Å². The number of sulfonamides is 1. The van der Waals surface area contributed by atoms with Crippen LogP contribution in [0, 0.1) is 5.92 Å². The van der Waals surface area contributed by atoms with Crippen molar-refractivity contribution in [2.45, 2.75) is 50.3 Å². The molecule has 0 bridgehead atoms. The van der Waals surface area contributed by atoms with E-state index in [0.717, 1.165) is 42.7 Å². The molecule has 0 spiro atoms. The predicted molar refractivity (Wildman–Crippen MR) is 110 cm³/mol. The Labute approximate surface area is 162 Å². The number of piperidine rings is 1. The van der Waals surface area contributed by atoms with Gasteiger partial charge >= 0.3 is 0 Å². The molecule has 4 rings (SSSR count). The summed E-state index contributed by atoms with van der Waals surface area (Å²) in [5.74, 6) is 1.61. The topological polar surface area (TPSA) is 53.5 Å². The normalized spacial score (nSPS) is 20.7. The Morgan fingerprint density at radius 2 is 1.63 bits per heavy atom. The number of anilines is 1. The van der Waals surface area contributed by atoms with Gasteiger partial charge in [-0.2, -0.15) is 4.31 Å². The van der Waals surface area contributed by atoms with Gasteiger partial charge in [0, 0.05) is 31.6 Å². The molecule has 0 aliphatic carbocycles. The highest BCUT2D eigenvalue weighted by molar-refractivity contribution is 7.89. The lowest BCUT2D eigenvalue weighted by Crippen LogP contribution is -2.37. The maximum Gasteiger partial charge on any atom is 0.243 e. The molecule has 6 heteroatoms. The third-order valence-corrected chi connectivity index (χ3v) is 7.85. The largest absolute Gasteiger partial charge is 0.357 e. The van der Waals surface area contributed by atoms with E-state index in [2.05, 4.69) is 11.8 Å². The highest BCUT2D eigenvalue weighted by atomic mass is 32.2.